The molecule has 1 atom stereocenters. The second-order valence-electron chi connectivity index (χ2n) is 7.82. The number of benzene rings is 3. The van der Waals surface area contributed by atoms with E-state index in [1.165, 1.54) is 35.2 Å². The van der Waals surface area contributed by atoms with Crippen molar-refractivity contribution in [3.8, 4) is 17.0 Å². The molecule has 0 saturated heterocycles. The predicted molar refractivity (Wildman–Crippen MR) is 146 cm³/mol. The SMILES string of the molecule is COc1ccccc1-c1csc(NC(=O)C(C)Sc2ccc(NC(=O)c3ccccc3C(=O)O)cc2)n1. The van der Waals surface area contributed by atoms with Gasteiger partial charge in [0.2, 0.25) is 5.91 Å². The first-order valence-electron chi connectivity index (χ1n) is 11.2. The van der Waals surface area contributed by atoms with Crippen molar-refractivity contribution in [3.05, 3.63) is 89.3 Å². The summed E-state index contributed by atoms with van der Waals surface area (Å²) in [5, 5.41) is 16.8. The average molecular weight is 534 g/mol. The van der Waals surface area contributed by atoms with Crippen LogP contribution in [0.1, 0.15) is 27.6 Å². The Kier molecular flexibility index (Phi) is 8.22. The maximum atomic E-state index is 12.7. The monoisotopic (exact) mass is 533 g/mol. The Morgan fingerprint density at radius 1 is 0.946 bits per heavy atom. The summed E-state index contributed by atoms with van der Waals surface area (Å²) in [6.07, 6.45) is 0. The number of aromatic nitrogens is 1. The molecule has 3 N–H and O–H groups in total. The molecule has 0 aliphatic rings. The summed E-state index contributed by atoms with van der Waals surface area (Å²) >= 11 is 2.70. The third kappa shape index (κ3) is 6.35. The van der Waals surface area contributed by atoms with Gasteiger partial charge in [-0.3, -0.25) is 9.59 Å². The van der Waals surface area contributed by atoms with Crippen molar-refractivity contribution in [1.82, 2.24) is 4.98 Å². The van der Waals surface area contributed by atoms with E-state index >= 15 is 0 Å². The smallest absolute Gasteiger partial charge is 0.336 e. The second kappa shape index (κ2) is 11.7. The van der Waals surface area contributed by atoms with Gasteiger partial charge in [-0.1, -0.05) is 24.3 Å². The molecule has 188 valence electrons. The maximum Gasteiger partial charge on any atom is 0.336 e. The Morgan fingerprint density at radius 2 is 1.62 bits per heavy atom. The number of methoxy groups -OCH3 is 1. The number of amides is 2. The molecule has 1 aromatic heterocycles. The molecule has 4 rings (SSSR count). The lowest BCUT2D eigenvalue weighted by Gasteiger charge is -2.12. The molecule has 3 aromatic carbocycles. The highest BCUT2D eigenvalue weighted by atomic mass is 32.2. The topological polar surface area (TPSA) is 118 Å². The fourth-order valence-electron chi connectivity index (χ4n) is 3.46. The van der Waals surface area contributed by atoms with E-state index in [2.05, 4.69) is 15.6 Å². The van der Waals surface area contributed by atoms with Gasteiger partial charge in [0.15, 0.2) is 5.13 Å². The first-order valence-corrected chi connectivity index (χ1v) is 12.9. The van der Waals surface area contributed by atoms with Crippen LogP contribution in [0.3, 0.4) is 0 Å². The minimum absolute atomic E-state index is 0.0673. The van der Waals surface area contributed by atoms with Gasteiger partial charge in [0.1, 0.15) is 5.75 Å². The number of carboxylic acids is 1. The second-order valence-corrected chi connectivity index (χ2v) is 10.1. The van der Waals surface area contributed by atoms with E-state index in [1.54, 1.807) is 50.4 Å². The molecule has 0 aliphatic heterocycles. The Bertz CT molecular complexity index is 1440. The van der Waals surface area contributed by atoms with E-state index in [0.29, 0.717) is 16.6 Å². The summed E-state index contributed by atoms with van der Waals surface area (Å²) in [5.41, 5.74) is 2.10. The van der Waals surface area contributed by atoms with E-state index < -0.39 is 17.1 Å². The highest BCUT2D eigenvalue weighted by molar-refractivity contribution is 8.00. The average Bonchev–Trinajstić information content (AvgIpc) is 3.37. The highest BCUT2D eigenvalue weighted by Gasteiger charge is 2.18. The van der Waals surface area contributed by atoms with Gasteiger partial charge >= 0.3 is 5.97 Å². The Balaban J connectivity index is 1.35. The zero-order chi connectivity index (χ0) is 26.4. The van der Waals surface area contributed by atoms with Gasteiger partial charge in [0.05, 0.1) is 29.2 Å². The predicted octanol–water partition coefficient (Wildman–Crippen LogP) is 5.89. The Hall–Kier alpha value is -4.15. The molecule has 0 fully saturated rings. The van der Waals surface area contributed by atoms with E-state index in [9.17, 15) is 19.5 Å². The number of carbonyl (C=O) groups excluding carboxylic acids is 2. The van der Waals surface area contributed by atoms with Crippen LogP contribution in [0.25, 0.3) is 11.3 Å². The van der Waals surface area contributed by atoms with Crippen molar-refractivity contribution < 1.29 is 24.2 Å². The molecule has 0 saturated carbocycles. The quantitative estimate of drug-likeness (QED) is 0.230. The van der Waals surface area contributed by atoms with Crippen molar-refractivity contribution in [3.63, 3.8) is 0 Å². The highest BCUT2D eigenvalue weighted by Crippen LogP contribution is 2.32. The number of aromatic carboxylic acids is 1. The van der Waals surface area contributed by atoms with Crippen LogP contribution in [0.15, 0.2) is 83.1 Å². The number of anilines is 2. The molecule has 0 radical (unpaired) electrons. The van der Waals surface area contributed by atoms with Crippen molar-refractivity contribution in [2.24, 2.45) is 0 Å². The zero-order valence-electron chi connectivity index (χ0n) is 19.9. The summed E-state index contributed by atoms with van der Waals surface area (Å²) in [4.78, 5) is 42.0. The molecule has 4 aromatic rings. The third-order valence-corrected chi connectivity index (χ3v) is 7.18. The molecular formula is C27H23N3O5S2. The lowest BCUT2D eigenvalue weighted by Crippen LogP contribution is -2.22. The van der Waals surface area contributed by atoms with E-state index in [-0.39, 0.29) is 17.0 Å². The standard InChI is InChI=1S/C27H23N3O5S2/c1-16(24(31)30-27-29-22(15-36-27)21-9-5-6-10-23(21)35-2)37-18-13-11-17(12-14-18)28-25(32)19-7-3-4-8-20(19)26(33)34/h3-16H,1-2H3,(H,28,32)(H,33,34)(H,29,30,31). The molecule has 1 heterocycles. The number of hydrogen-bond acceptors (Lipinski definition) is 7. The molecule has 0 bridgehead atoms. The minimum atomic E-state index is -1.17. The number of carboxylic acid groups (broad SMARTS) is 1. The number of ether oxygens (including phenoxy) is 1. The fourth-order valence-corrected chi connectivity index (χ4v) is 5.04. The molecule has 0 spiro atoms. The van der Waals surface area contributed by atoms with Crippen LogP contribution in [0.5, 0.6) is 5.75 Å². The maximum absolute atomic E-state index is 12.7. The van der Waals surface area contributed by atoms with Gasteiger partial charge in [0, 0.05) is 21.5 Å². The first kappa shape index (κ1) is 25.9. The zero-order valence-corrected chi connectivity index (χ0v) is 21.6. The van der Waals surface area contributed by atoms with Crippen LogP contribution in [0, 0.1) is 0 Å². The summed E-state index contributed by atoms with van der Waals surface area (Å²) in [7, 11) is 1.60. The van der Waals surface area contributed by atoms with Gasteiger partial charge in [-0.2, -0.15) is 0 Å². The van der Waals surface area contributed by atoms with E-state index in [4.69, 9.17) is 4.74 Å². The number of nitrogens with zero attached hydrogens (tertiary/aromatic N) is 1. The summed E-state index contributed by atoms with van der Waals surface area (Å²) < 4.78 is 5.39. The van der Waals surface area contributed by atoms with E-state index in [0.717, 1.165) is 16.2 Å². The van der Waals surface area contributed by atoms with Crippen LogP contribution in [0.4, 0.5) is 10.8 Å². The molecule has 2 amide bonds. The van der Waals surface area contributed by atoms with Crippen LogP contribution >= 0.6 is 23.1 Å². The number of hydrogen-bond donors (Lipinski definition) is 3. The van der Waals surface area contributed by atoms with Crippen molar-refractivity contribution >= 4 is 51.7 Å². The molecule has 10 heteroatoms. The number of carbonyl (C=O) groups is 3. The van der Waals surface area contributed by atoms with Crippen LogP contribution in [-0.2, 0) is 4.79 Å². The third-order valence-electron chi connectivity index (χ3n) is 5.31. The number of thiazole rings is 1. The molecule has 0 aliphatic carbocycles. The Morgan fingerprint density at radius 3 is 2.32 bits per heavy atom. The Labute approximate surface area is 221 Å². The first-order chi connectivity index (χ1) is 17.9. The normalized spacial score (nSPS) is 11.4. The minimum Gasteiger partial charge on any atom is -0.496 e. The summed E-state index contributed by atoms with van der Waals surface area (Å²) in [5.74, 6) is -1.16. The molecule has 1 unspecified atom stereocenters. The largest absolute Gasteiger partial charge is 0.496 e. The number of nitrogens with one attached hydrogen (secondary N) is 2. The van der Waals surface area contributed by atoms with Gasteiger partial charge in [-0.05, 0) is 55.5 Å². The van der Waals surface area contributed by atoms with Gasteiger partial charge in [-0.25, -0.2) is 9.78 Å². The fraction of sp³-hybridized carbons (Fsp3) is 0.111. The van der Waals surface area contributed by atoms with Gasteiger partial charge < -0.3 is 20.5 Å². The summed E-state index contributed by atoms with van der Waals surface area (Å²) in [6.45, 7) is 1.80. The molecule has 8 nitrogen and oxygen atoms in total. The van der Waals surface area contributed by atoms with Gasteiger partial charge in [0.25, 0.3) is 5.91 Å². The number of rotatable bonds is 9. The molecule has 37 heavy (non-hydrogen) atoms. The van der Waals surface area contributed by atoms with Crippen molar-refractivity contribution in [2.75, 3.05) is 17.7 Å². The van der Waals surface area contributed by atoms with Crippen LogP contribution in [-0.4, -0.2) is 40.2 Å². The number of para-hydroxylation sites is 1. The lowest BCUT2D eigenvalue weighted by molar-refractivity contribution is -0.115. The van der Waals surface area contributed by atoms with Gasteiger partial charge in [-0.15, -0.1) is 23.1 Å². The number of thioether (sulfide) groups is 1. The van der Waals surface area contributed by atoms with Crippen LogP contribution in [0.2, 0.25) is 0 Å². The summed E-state index contributed by atoms with van der Waals surface area (Å²) in [6, 6.07) is 20.6. The van der Waals surface area contributed by atoms with Crippen LogP contribution < -0.4 is 15.4 Å². The van der Waals surface area contributed by atoms with E-state index in [1.807, 2.05) is 29.6 Å². The molecular weight excluding hydrogens is 510 g/mol. The van der Waals surface area contributed by atoms with Crippen molar-refractivity contribution in [1.29, 1.82) is 0 Å². The lowest BCUT2D eigenvalue weighted by atomic mass is 10.1. The van der Waals surface area contributed by atoms with Crippen molar-refractivity contribution in [2.45, 2.75) is 17.1 Å².